The van der Waals surface area contributed by atoms with E-state index in [1.54, 1.807) is 12.1 Å². The van der Waals surface area contributed by atoms with Crippen LogP contribution >= 0.6 is 0 Å². The lowest BCUT2D eigenvalue weighted by Crippen LogP contribution is -2.37. The van der Waals surface area contributed by atoms with E-state index < -0.39 is 0 Å². The molecule has 140 valence electrons. The summed E-state index contributed by atoms with van der Waals surface area (Å²) < 4.78 is 11.8. The third kappa shape index (κ3) is 3.36. The van der Waals surface area contributed by atoms with Crippen LogP contribution in [0.1, 0.15) is 41.4 Å². The van der Waals surface area contributed by atoms with Crippen molar-refractivity contribution < 1.29 is 19.4 Å². The molecule has 2 aliphatic heterocycles. The molecule has 0 radical (unpaired) electrons. The molecule has 2 aromatic carbocycles. The number of rotatable bonds is 3. The van der Waals surface area contributed by atoms with Gasteiger partial charge in [0.2, 0.25) is 5.78 Å². The van der Waals surface area contributed by atoms with Crippen LogP contribution in [-0.2, 0) is 11.3 Å². The fraction of sp³-hybridized carbons (Fsp3) is 0.318. The minimum absolute atomic E-state index is 0.00486. The molecule has 1 atom stereocenters. The number of carbonyl (C=O) groups is 1. The maximum atomic E-state index is 12.5. The summed E-state index contributed by atoms with van der Waals surface area (Å²) >= 11 is 0. The van der Waals surface area contributed by atoms with E-state index in [0.29, 0.717) is 35.8 Å². The zero-order valence-electron chi connectivity index (χ0n) is 15.6. The van der Waals surface area contributed by atoms with Crippen molar-refractivity contribution in [2.24, 2.45) is 0 Å². The SMILES string of the molecule is CC(C)=C1Oc2c(ccc(O)c2CN2CCOC(c3ccccc3)C2)C1=O. The van der Waals surface area contributed by atoms with Gasteiger partial charge in [-0.05, 0) is 37.1 Å². The van der Waals surface area contributed by atoms with Crippen molar-refractivity contribution in [2.45, 2.75) is 26.5 Å². The molecule has 1 unspecified atom stereocenters. The Hall–Kier alpha value is -2.63. The predicted molar refractivity (Wildman–Crippen MR) is 102 cm³/mol. The third-order valence-electron chi connectivity index (χ3n) is 5.05. The minimum Gasteiger partial charge on any atom is -0.507 e. The number of hydrogen-bond donors (Lipinski definition) is 1. The summed E-state index contributed by atoms with van der Waals surface area (Å²) in [5.74, 6) is 0.884. The molecule has 0 aromatic heterocycles. The summed E-state index contributed by atoms with van der Waals surface area (Å²) in [6.45, 7) is 6.31. The Balaban J connectivity index is 1.59. The molecule has 1 saturated heterocycles. The Kier molecular flexibility index (Phi) is 4.72. The maximum absolute atomic E-state index is 12.5. The molecule has 0 bridgehead atoms. The number of hydrogen-bond acceptors (Lipinski definition) is 5. The van der Waals surface area contributed by atoms with Gasteiger partial charge in [0.25, 0.3) is 0 Å². The number of benzene rings is 2. The number of fused-ring (bicyclic) bond motifs is 1. The number of carbonyl (C=O) groups excluding carboxylic acids is 1. The number of ketones is 1. The summed E-state index contributed by atoms with van der Waals surface area (Å²) in [4.78, 5) is 14.8. The Bertz CT molecular complexity index is 900. The van der Waals surface area contributed by atoms with Gasteiger partial charge >= 0.3 is 0 Å². The lowest BCUT2D eigenvalue weighted by Gasteiger charge is -2.33. The molecule has 0 amide bonds. The van der Waals surface area contributed by atoms with E-state index in [-0.39, 0.29) is 17.6 Å². The van der Waals surface area contributed by atoms with Crippen LogP contribution in [-0.4, -0.2) is 35.5 Å². The summed E-state index contributed by atoms with van der Waals surface area (Å²) in [5, 5.41) is 10.4. The van der Waals surface area contributed by atoms with E-state index in [9.17, 15) is 9.90 Å². The van der Waals surface area contributed by atoms with Crippen molar-refractivity contribution in [3.8, 4) is 11.5 Å². The molecule has 4 rings (SSSR count). The van der Waals surface area contributed by atoms with Crippen LogP contribution in [0.2, 0.25) is 0 Å². The number of Topliss-reactive ketones (excluding diaryl/α,β-unsaturated/α-hetero) is 1. The van der Waals surface area contributed by atoms with Crippen LogP contribution in [0.5, 0.6) is 11.5 Å². The third-order valence-corrected chi connectivity index (χ3v) is 5.05. The first-order valence-electron chi connectivity index (χ1n) is 9.18. The first-order chi connectivity index (χ1) is 13.0. The Morgan fingerprint density at radius 2 is 1.96 bits per heavy atom. The van der Waals surface area contributed by atoms with Gasteiger partial charge in [-0.15, -0.1) is 0 Å². The van der Waals surface area contributed by atoms with Crippen LogP contribution < -0.4 is 4.74 Å². The van der Waals surface area contributed by atoms with Gasteiger partial charge in [0, 0.05) is 19.6 Å². The fourth-order valence-corrected chi connectivity index (χ4v) is 3.60. The summed E-state index contributed by atoms with van der Waals surface area (Å²) in [7, 11) is 0. The first-order valence-corrected chi connectivity index (χ1v) is 9.18. The molecular formula is C22H23NO4. The highest BCUT2D eigenvalue weighted by Gasteiger charge is 2.33. The highest BCUT2D eigenvalue weighted by molar-refractivity contribution is 6.13. The van der Waals surface area contributed by atoms with Crippen LogP contribution in [0.4, 0.5) is 0 Å². The van der Waals surface area contributed by atoms with Gasteiger partial charge in [-0.3, -0.25) is 9.69 Å². The number of phenolic OH excluding ortho intramolecular Hbond substituents is 1. The van der Waals surface area contributed by atoms with Crippen LogP contribution in [0.25, 0.3) is 0 Å². The average Bonchev–Trinajstić information content (AvgIpc) is 3.02. The number of morpholine rings is 1. The second-order valence-corrected chi connectivity index (χ2v) is 7.21. The summed E-state index contributed by atoms with van der Waals surface area (Å²) in [5.41, 5.74) is 3.15. The smallest absolute Gasteiger partial charge is 0.231 e. The van der Waals surface area contributed by atoms with Gasteiger partial charge in [-0.25, -0.2) is 0 Å². The molecule has 1 fully saturated rings. The molecule has 2 aromatic rings. The van der Waals surface area contributed by atoms with Crippen molar-refractivity contribution in [1.82, 2.24) is 4.90 Å². The summed E-state index contributed by atoms with van der Waals surface area (Å²) in [6.07, 6.45) is -0.00486. The van der Waals surface area contributed by atoms with Gasteiger partial charge < -0.3 is 14.6 Å². The lowest BCUT2D eigenvalue weighted by molar-refractivity contribution is -0.0332. The lowest BCUT2D eigenvalue weighted by atomic mass is 10.0. The molecule has 2 heterocycles. The number of nitrogens with zero attached hydrogens (tertiary/aromatic N) is 1. The van der Waals surface area contributed by atoms with E-state index in [2.05, 4.69) is 17.0 Å². The molecule has 27 heavy (non-hydrogen) atoms. The minimum atomic E-state index is -0.115. The number of ether oxygens (including phenoxy) is 2. The first kappa shape index (κ1) is 17.8. The molecule has 5 nitrogen and oxygen atoms in total. The van der Waals surface area contributed by atoms with E-state index >= 15 is 0 Å². The molecule has 1 N–H and O–H groups in total. The van der Waals surface area contributed by atoms with Crippen molar-refractivity contribution in [3.63, 3.8) is 0 Å². The Labute approximate surface area is 158 Å². The van der Waals surface area contributed by atoms with Crippen LogP contribution in [0.15, 0.2) is 53.8 Å². The van der Waals surface area contributed by atoms with Gasteiger partial charge in [-0.2, -0.15) is 0 Å². The van der Waals surface area contributed by atoms with Crippen molar-refractivity contribution in [2.75, 3.05) is 19.7 Å². The van der Waals surface area contributed by atoms with E-state index in [0.717, 1.165) is 24.2 Å². The second-order valence-electron chi connectivity index (χ2n) is 7.21. The highest BCUT2D eigenvalue weighted by Crippen LogP contribution is 2.40. The molecule has 5 heteroatoms. The molecule has 0 saturated carbocycles. The quantitative estimate of drug-likeness (QED) is 0.838. The molecule has 0 aliphatic carbocycles. The monoisotopic (exact) mass is 365 g/mol. The van der Waals surface area contributed by atoms with Gasteiger partial charge in [0.05, 0.1) is 23.8 Å². The van der Waals surface area contributed by atoms with Crippen molar-refractivity contribution in [3.05, 3.63) is 70.5 Å². The van der Waals surface area contributed by atoms with Gasteiger partial charge in [-0.1, -0.05) is 30.3 Å². The molecule has 2 aliphatic rings. The number of phenols is 1. The highest BCUT2D eigenvalue weighted by atomic mass is 16.5. The van der Waals surface area contributed by atoms with Crippen molar-refractivity contribution in [1.29, 1.82) is 0 Å². The maximum Gasteiger partial charge on any atom is 0.231 e. The second kappa shape index (κ2) is 7.18. The summed E-state index contributed by atoms with van der Waals surface area (Å²) in [6, 6.07) is 13.4. The number of aromatic hydroxyl groups is 1. The Morgan fingerprint density at radius 1 is 1.19 bits per heavy atom. The largest absolute Gasteiger partial charge is 0.507 e. The Morgan fingerprint density at radius 3 is 2.70 bits per heavy atom. The van der Waals surface area contributed by atoms with Crippen LogP contribution in [0, 0.1) is 0 Å². The van der Waals surface area contributed by atoms with Gasteiger partial charge in [0.1, 0.15) is 11.5 Å². The van der Waals surface area contributed by atoms with Crippen LogP contribution in [0.3, 0.4) is 0 Å². The average molecular weight is 365 g/mol. The van der Waals surface area contributed by atoms with E-state index in [4.69, 9.17) is 9.47 Å². The van der Waals surface area contributed by atoms with Gasteiger partial charge in [0.15, 0.2) is 5.76 Å². The standard InChI is InChI=1S/C22H23NO4/c1-14(2)21-20(25)16-8-9-18(24)17(22(16)27-21)12-23-10-11-26-19(13-23)15-6-4-3-5-7-15/h3-9,19,24H,10-13H2,1-2H3. The normalized spacial score (nSPS) is 19.7. The zero-order chi connectivity index (χ0) is 19.0. The topological polar surface area (TPSA) is 59.0 Å². The number of allylic oxidation sites excluding steroid dienone is 2. The molecular weight excluding hydrogens is 342 g/mol. The molecule has 0 spiro atoms. The van der Waals surface area contributed by atoms with Crippen molar-refractivity contribution >= 4 is 5.78 Å². The predicted octanol–water partition coefficient (Wildman–Crippen LogP) is 3.83. The van der Waals surface area contributed by atoms with E-state index in [1.165, 1.54) is 0 Å². The fourth-order valence-electron chi connectivity index (χ4n) is 3.60. The van der Waals surface area contributed by atoms with E-state index in [1.807, 2.05) is 32.0 Å². The zero-order valence-corrected chi connectivity index (χ0v) is 15.6.